The fourth-order valence-corrected chi connectivity index (χ4v) is 6.34. The molecular weight excluding hydrogens is 536 g/mol. The Hall–Kier alpha value is -4.37. The fourth-order valence-electron chi connectivity index (χ4n) is 6.34. The summed E-state index contributed by atoms with van der Waals surface area (Å²) in [5.41, 5.74) is 5.90. The number of carbonyl (C=O) groups is 1. The average Bonchev–Trinajstić information content (AvgIpc) is 3.01. The van der Waals surface area contributed by atoms with Gasteiger partial charge in [0.15, 0.2) is 23.0 Å². The van der Waals surface area contributed by atoms with Crippen molar-refractivity contribution >= 4 is 12.0 Å². The quantitative estimate of drug-likeness (QED) is 0.383. The maximum atomic E-state index is 14.2. The van der Waals surface area contributed by atoms with E-state index < -0.39 is 12.1 Å². The molecule has 3 aromatic carbocycles. The van der Waals surface area contributed by atoms with Gasteiger partial charge in [0.2, 0.25) is 5.91 Å². The third kappa shape index (κ3) is 4.67. The van der Waals surface area contributed by atoms with Crippen LogP contribution in [0.2, 0.25) is 0 Å². The number of hydrogen-bond acceptors (Lipinski definition) is 8. The lowest BCUT2D eigenvalue weighted by molar-refractivity contribution is -0.135. The minimum absolute atomic E-state index is 0.0299. The van der Waals surface area contributed by atoms with Crippen molar-refractivity contribution in [3.05, 3.63) is 75.5 Å². The Morgan fingerprint density at radius 3 is 2.02 bits per heavy atom. The molecule has 1 amide bonds. The molecule has 1 saturated heterocycles. The van der Waals surface area contributed by atoms with Crippen LogP contribution in [0.1, 0.15) is 39.4 Å². The molecule has 0 aliphatic carbocycles. The van der Waals surface area contributed by atoms with Crippen molar-refractivity contribution in [3.8, 4) is 34.5 Å². The number of hydrogen-bond donors (Lipinski definition) is 1. The molecule has 5 rings (SSSR count). The van der Waals surface area contributed by atoms with E-state index in [1.165, 1.54) is 0 Å². The SMILES string of the molecule is COc1cc(/C=C2/C3NC(Cc4c(OC)c(C)c(OC)c(OC)c43)C(=O)N2Cc2ccccc2)c(OC)c(C)c1OC. The van der Waals surface area contributed by atoms with Crippen LogP contribution in [-0.4, -0.2) is 59.5 Å². The summed E-state index contributed by atoms with van der Waals surface area (Å²) in [4.78, 5) is 16.1. The number of benzene rings is 3. The van der Waals surface area contributed by atoms with Crippen LogP contribution >= 0.6 is 0 Å². The van der Waals surface area contributed by atoms with Gasteiger partial charge < -0.3 is 33.3 Å². The van der Waals surface area contributed by atoms with E-state index in [0.29, 0.717) is 47.5 Å². The minimum atomic E-state index is -0.455. The molecule has 0 saturated carbocycles. The number of methoxy groups -OCH3 is 6. The zero-order valence-corrected chi connectivity index (χ0v) is 25.4. The Morgan fingerprint density at radius 2 is 1.43 bits per heavy atom. The Morgan fingerprint density at radius 1 is 0.810 bits per heavy atom. The molecule has 0 spiro atoms. The third-order valence-corrected chi connectivity index (χ3v) is 8.15. The predicted molar refractivity (Wildman–Crippen MR) is 160 cm³/mol. The average molecular weight is 575 g/mol. The molecule has 2 aliphatic heterocycles. The number of nitrogens with zero attached hydrogens (tertiary/aromatic N) is 1. The summed E-state index contributed by atoms with van der Waals surface area (Å²) in [6.45, 7) is 4.25. The Kier molecular flexibility index (Phi) is 8.22. The topological polar surface area (TPSA) is 87.7 Å². The number of piperazine rings is 1. The lowest BCUT2D eigenvalue weighted by Crippen LogP contribution is -2.57. The van der Waals surface area contributed by atoms with Gasteiger partial charge >= 0.3 is 0 Å². The molecule has 2 unspecified atom stereocenters. The van der Waals surface area contributed by atoms with Crippen LogP contribution in [0.3, 0.4) is 0 Å². The van der Waals surface area contributed by atoms with E-state index in [1.807, 2.05) is 61.2 Å². The van der Waals surface area contributed by atoms with Gasteiger partial charge in [0.25, 0.3) is 0 Å². The van der Waals surface area contributed by atoms with Crippen LogP contribution in [0.15, 0.2) is 42.1 Å². The van der Waals surface area contributed by atoms with E-state index in [9.17, 15) is 4.79 Å². The molecule has 2 heterocycles. The van der Waals surface area contributed by atoms with Crippen LogP contribution in [0, 0.1) is 13.8 Å². The number of carbonyl (C=O) groups excluding carboxylic acids is 1. The van der Waals surface area contributed by atoms with E-state index in [0.717, 1.165) is 39.1 Å². The lowest BCUT2D eigenvalue weighted by Gasteiger charge is -2.45. The first-order valence-electron chi connectivity index (χ1n) is 13.8. The molecule has 222 valence electrons. The van der Waals surface area contributed by atoms with Gasteiger partial charge in [0, 0.05) is 39.9 Å². The molecule has 1 fully saturated rings. The van der Waals surface area contributed by atoms with Crippen LogP contribution in [0.4, 0.5) is 0 Å². The molecule has 3 aromatic rings. The molecule has 1 N–H and O–H groups in total. The first-order chi connectivity index (χ1) is 20.3. The first-order valence-corrected chi connectivity index (χ1v) is 13.8. The molecular formula is C33H38N2O7. The second-order valence-electron chi connectivity index (χ2n) is 10.3. The van der Waals surface area contributed by atoms with Gasteiger partial charge in [-0.1, -0.05) is 30.3 Å². The molecule has 9 heteroatoms. The van der Waals surface area contributed by atoms with Crippen LogP contribution in [0.5, 0.6) is 34.5 Å². The standard InChI is InChI=1S/C33H38N2O7/c1-18-28(38-4)21(15-25(37-3)30(18)40-6)14-24-27-26-22(29(39-5)19(2)31(41-7)32(26)42-8)16-23(34-27)33(36)35(24)17-20-12-10-9-11-13-20/h9-15,23,27,34H,16-17H2,1-8H3/b24-14-. The van der Waals surface area contributed by atoms with Crippen molar-refractivity contribution in [2.45, 2.75) is 38.9 Å². The van der Waals surface area contributed by atoms with Crippen LogP contribution in [0.25, 0.3) is 6.08 Å². The number of ether oxygens (including phenoxy) is 6. The molecule has 2 atom stereocenters. The van der Waals surface area contributed by atoms with Crippen molar-refractivity contribution < 1.29 is 33.2 Å². The third-order valence-electron chi connectivity index (χ3n) is 8.15. The highest BCUT2D eigenvalue weighted by molar-refractivity contribution is 5.89. The second-order valence-corrected chi connectivity index (χ2v) is 10.3. The number of nitrogens with one attached hydrogen (secondary N) is 1. The zero-order valence-electron chi connectivity index (χ0n) is 25.4. The minimum Gasteiger partial charge on any atom is -0.496 e. The smallest absolute Gasteiger partial charge is 0.244 e. The Bertz CT molecular complexity index is 1530. The zero-order chi connectivity index (χ0) is 30.1. The summed E-state index contributed by atoms with van der Waals surface area (Å²) in [5, 5.41) is 3.60. The fraction of sp³-hybridized carbons (Fsp3) is 0.364. The molecule has 2 bridgehead atoms. The number of rotatable bonds is 9. The lowest BCUT2D eigenvalue weighted by atomic mass is 9.81. The highest BCUT2D eigenvalue weighted by atomic mass is 16.5. The van der Waals surface area contributed by atoms with Gasteiger partial charge in [-0.05, 0) is 31.6 Å². The number of fused-ring (bicyclic) bond motifs is 4. The van der Waals surface area contributed by atoms with Gasteiger partial charge in [-0.25, -0.2) is 0 Å². The van der Waals surface area contributed by atoms with Crippen LogP contribution in [-0.2, 0) is 17.8 Å². The summed E-state index contributed by atoms with van der Waals surface area (Å²) in [5.74, 6) is 3.64. The van der Waals surface area contributed by atoms with Gasteiger partial charge in [-0.3, -0.25) is 10.1 Å². The molecule has 9 nitrogen and oxygen atoms in total. The predicted octanol–water partition coefficient (Wildman–Crippen LogP) is 4.99. The molecule has 0 radical (unpaired) electrons. The summed E-state index contributed by atoms with van der Waals surface area (Å²) in [6.07, 6.45) is 2.43. The van der Waals surface area contributed by atoms with Crippen LogP contribution < -0.4 is 33.7 Å². The monoisotopic (exact) mass is 574 g/mol. The summed E-state index contributed by atoms with van der Waals surface area (Å²) < 4.78 is 34.9. The van der Waals surface area contributed by atoms with E-state index in [-0.39, 0.29) is 5.91 Å². The van der Waals surface area contributed by atoms with E-state index in [2.05, 4.69) is 5.32 Å². The normalized spacial score (nSPS) is 18.4. The van der Waals surface area contributed by atoms with Crippen molar-refractivity contribution in [2.24, 2.45) is 0 Å². The molecule has 42 heavy (non-hydrogen) atoms. The van der Waals surface area contributed by atoms with Crippen molar-refractivity contribution in [2.75, 3.05) is 42.7 Å². The van der Waals surface area contributed by atoms with Gasteiger partial charge in [0.05, 0.1) is 61.3 Å². The van der Waals surface area contributed by atoms with Gasteiger partial charge in [-0.15, -0.1) is 0 Å². The Labute approximate surface area is 246 Å². The van der Waals surface area contributed by atoms with Crippen molar-refractivity contribution in [1.29, 1.82) is 0 Å². The number of amides is 1. The summed E-state index contributed by atoms with van der Waals surface area (Å²) in [6, 6.07) is 11.0. The summed E-state index contributed by atoms with van der Waals surface area (Å²) in [7, 11) is 9.72. The van der Waals surface area contributed by atoms with E-state index in [4.69, 9.17) is 28.4 Å². The van der Waals surface area contributed by atoms with Gasteiger partial charge in [-0.2, -0.15) is 0 Å². The first kappa shape index (κ1) is 29.1. The Balaban J connectivity index is 1.81. The largest absolute Gasteiger partial charge is 0.496 e. The summed E-state index contributed by atoms with van der Waals surface area (Å²) >= 11 is 0. The molecule has 0 aromatic heterocycles. The van der Waals surface area contributed by atoms with Crippen molar-refractivity contribution in [3.63, 3.8) is 0 Å². The maximum Gasteiger partial charge on any atom is 0.244 e. The second kappa shape index (κ2) is 11.9. The van der Waals surface area contributed by atoms with Crippen molar-refractivity contribution in [1.82, 2.24) is 10.2 Å². The van der Waals surface area contributed by atoms with E-state index >= 15 is 0 Å². The highest BCUT2D eigenvalue weighted by Gasteiger charge is 2.46. The van der Waals surface area contributed by atoms with E-state index in [1.54, 1.807) is 42.7 Å². The highest BCUT2D eigenvalue weighted by Crippen LogP contribution is 2.52. The maximum absolute atomic E-state index is 14.2. The molecule has 2 aliphatic rings. The van der Waals surface area contributed by atoms with Gasteiger partial charge in [0.1, 0.15) is 11.5 Å².